The minimum absolute atomic E-state index is 0.608. The zero-order valence-corrected chi connectivity index (χ0v) is 56.3. The van der Waals surface area contributed by atoms with E-state index in [0.29, 0.717) is 17.1 Å². The third-order valence-corrected chi connectivity index (χ3v) is 19.4. The van der Waals surface area contributed by atoms with Crippen molar-refractivity contribution in [3.05, 3.63) is 254 Å². The highest BCUT2D eigenvalue weighted by molar-refractivity contribution is 7.26. The number of furan rings is 4. The average molecular weight is 1340 g/mol. The van der Waals surface area contributed by atoms with Gasteiger partial charge in [-0.2, -0.15) is 0 Å². The van der Waals surface area contributed by atoms with Crippen LogP contribution in [-0.2, 0) is 0 Å². The first kappa shape index (κ1) is 62.1. The molecule has 16 heterocycles. The number of hydrogen-bond acceptors (Lipinski definition) is 21. The number of hydrogen-bond donors (Lipinski definition) is 0. The molecular weight excluding hydrogens is 1280 g/mol. The maximum atomic E-state index is 5.68. The molecule has 18 nitrogen and oxygen atoms in total. The van der Waals surface area contributed by atoms with Gasteiger partial charge in [0.05, 0.1) is 56.1 Å². The lowest BCUT2D eigenvalue weighted by molar-refractivity contribution is 0.651. The number of nitrogens with zero attached hydrogens (tertiary/aromatic N) is 14. The van der Waals surface area contributed by atoms with Crippen LogP contribution in [0.1, 0.15) is 39.9 Å². The van der Waals surface area contributed by atoms with Crippen molar-refractivity contribution in [3.63, 3.8) is 0 Å². The Kier molecular flexibility index (Phi) is 17.1. The van der Waals surface area contributed by atoms with Gasteiger partial charge in [-0.25, -0.2) is 44.9 Å². The fourth-order valence-corrected chi connectivity index (χ4v) is 14.5. The maximum absolute atomic E-state index is 5.68. The molecule has 0 spiro atoms. The van der Waals surface area contributed by atoms with Crippen LogP contribution in [0.5, 0.6) is 0 Å². The van der Waals surface area contributed by atoms with Gasteiger partial charge in [0.2, 0.25) is 17.1 Å². The van der Waals surface area contributed by atoms with E-state index in [2.05, 4.69) is 106 Å². The molecule has 21 heteroatoms. The van der Waals surface area contributed by atoms with E-state index >= 15 is 0 Å². The Morgan fingerprint density at radius 1 is 0.286 bits per heavy atom. The summed E-state index contributed by atoms with van der Waals surface area (Å²) < 4.78 is 27.4. The Labute approximate surface area is 569 Å². The fraction of sp³-hybridized carbons (Fsp3) is 0.0909. The predicted octanol–water partition coefficient (Wildman–Crippen LogP) is 20.2. The topological polar surface area (TPSA) is 233 Å². The highest BCUT2D eigenvalue weighted by atomic mass is 32.1. The Morgan fingerprint density at radius 3 is 1.55 bits per heavy atom. The summed E-state index contributed by atoms with van der Waals surface area (Å²) in [5.74, 6) is 0. The molecule has 0 saturated heterocycles. The summed E-state index contributed by atoms with van der Waals surface area (Å²) in [6.07, 6.45) is 19.6. The van der Waals surface area contributed by atoms with Crippen molar-refractivity contribution in [2.24, 2.45) is 0 Å². The monoisotopic (exact) mass is 1340 g/mol. The van der Waals surface area contributed by atoms with E-state index < -0.39 is 0 Å². The molecule has 0 N–H and O–H groups in total. The Morgan fingerprint density at radius 2 is 0.806 bits per heavy atom. The summed E-state index contributed by atoms with van der Waals surface area (Å²) in [6.45, 7) is 13.7. The minimum Gasteiger partial charge on any atom is -0.454 e. The predicted molar refractivity (Wildman–Crippen MR) is 395 cm³/mol. The summed E-state index contributed by atoms with van der Waals surface area (Å²) in [7, 11) is 0. The van der Waals surface area contributed by atoms with Crippen LogP contribution >= 0.6 is 34.0 Å². The number of thiophene rings is 3. The van der Waals surface area contributed by atoms with Gasteiger partial charge in [0.25, 0.3) is 0 Å². The molecule has 0 amide bonds. The normalized spacial score (nSPS) is 11.2. The quantitative estimate of drug-likeness (QED) is 0.137. The first-order chi connectivity index (χ1) is 48.0. The third-order valence-electron chi connectivity index (χ3n) is 15.9. The molecule has 16 aromatic heterocycles. The van der Waals surface area contributed by atoms with Gasteiger partial charge in [-0.1, -0.05) is 78.9 Å². The second kappa shape index (κ2) is 27.0. The summed E-state index contributed by atoms with van der Waals surface area (Å²) in [5, 5.41) is 11.2. The SMILES string of the molecule is Cc1cnc2c(n1)oc1ccccc12.Cc1cnc2c(n1)sc1ccccc12.Cc1cnc2oc3ccccc3c2n1.Cc1cnc2sc3ccccc3c2n1.Cc1nccc2c1oc1ccncc12.Cc1nccc2c1sc1ccncc12.Cc1ncnc2oc3ccccc3c12. The lowest BCUT2D eigenvalue weighted by Gasteiger charge is -1.92. The highest BCUT2D eigenvalue weighted by Crippen LogP contribution is 2.36. The summed E-state index contributed by atoms with van der Waals surface area (Å²) in [5.41, 5.74) is 16.6. The van der Waals surface area contributed by atoms with Gasteiger partial charge in [0.15, 0.2) is 5.58 Å². The maximum Gasteiger partial charge on any atom is 0.246 e. The number of pyridine rings is 4. The zero-order valence-electron chi connectivity index (χ0n) is 53.8. The van der Waals surface area contributed by atoms with E-state index in [0.717, 1.165) is 132 Å². The van der Waals surface area contributed by atoms with Crippen LogP contribution in [0.2, 0.25) is 0 Å². The van der Waals surface area contributed by atoms with Crippen LogP contribution in [-0.4, -0.2) is 69.8 Å². The Hall–Kier alpha value is -12.0. The van der Waals surface area contributed by atoms with Crippen molar-refractivity contribution in [3.8, 4) is 0 Å². The van der Waals surface area contributed by atoms with Crippen LogP contribution in [0.3, 0.4) is 0 Å². The molecular formula is C77H56N14O4S3. The highest BCUT2D eigenvalue weighted by Gasteiger charge is 2.14. The molecule has 0 saturated carbocycles. The number of fused-ring (bicyclic) bond motifs is 21. The number of aromatic nitrogens is 14. The molecule has 0 aliphatic carbocycles. The van der Waals surface area contributed by atoms with Gasteiger partial charge in [0.1, 0.15) is 60.4 Å². The molecule has 0 aliphatic rings. The van der Waals surface area contributed by atoms with Crippen LogP contribution in [0.25, 0.3) is 149 Å². The number of rotatable bonds is 0. The number of benzene rings is 5. The van der Waals surface area contributed by atoms with Crippen molar-refractivity contribution in [1.29, 1.82) is 0 Å². The van der Waals surface area contributed by atoms with Crippen molar-refractivity contribution in [1.82, 2.24) is 69.8 Å². The van der Waals surface area contributed by atoms with Crippen molar-refractivity contribution in [2.75, 3.05) is 0 Å². The van der Waals surface area contributed by atoms with Crippen molar-refractivity contribution in [2.45, 2.75) is 48.5 Å². The van der Waals surface area contributed by atoms with E-state index in [1.165, 1.54) is 46.7 Å². The molecule has 21 rings (SSSR count). The molecule has 98 heavy (non-hydrogen) atoms. The average Bonchev–Trinajstić information content (AvgIpc) is 1.70. The lowest BCUT2D eigenvalue weighted by atomic mass is 10.2. The van der Waals surface area contributed by atoms with Crippen LogP contribution in [0, 0.1) is 48.5 Å². The van der Waals surface area contributed by atoms with E-state index in [1.54, 1.807) is 58.8 Å². The molecule has 476 valence electrons. The fourth-order valence-electron chi connectivity index (χ4n) is 11.3. The van der Waals surface area contributed by atoms with Crippen molar-refractivity contribution >= 4 is 183 Å². The first-order valence-electron chi connectivity index (χ1n) is 31.1. The lowest BCUT2D eigenvalue weighted by Crippen LogP contribution is -1.82. The summed E-state index contributed by atoms with van der Waals surface area (Å²) in [6, 6.07) is 48.1. The second-order valence-corrected chi connectivity index (χ2v) is 25.9. The number of para-hydroxylation sites is 3. The molecule has 0 aliphatic heterocycles. The third kappa shape index (κ3) is 12.5. The second-order valence-electron chi connectivity index (χ2n) is 22.8. The van der Waals surface area contributed by atoms with Gasteiger partial charge in [-0.3, -0.25) is 24.9 Å². The molecule has 0 fully saturated rings. The molecule has 0 radical (unpaired) electrons. The first-order valence-corrected chi connectivity index (χ1v) is 33.6. The largest absolute Gasteiger partial charge is 0.454 e. The van der Waals surface area contributed by atoms with Gasteiger partial charge < -0.3 is 17.7 Å². The molecule has 0 unspecified atom stereocenters. The number of aryl methyl sites for hydroxylation is 7. The Bertz CT molecular complexity index is 6110. The van der Waals surface area contributed by atoms with Crippen LogP contribution in [0.4, 0.5) is 0 Å². The van der Waals surface area contributed by atoms with Gasteiger partial charge in [-0.05, 0) is 115 Å². The molecule has 0 atom stereocenters. The zero-order chi connectivity index (χ0) is 66.8. The summed E-state index contributed by atoms with van der Waals surface area (Å²) in [4.78, 5) is 62.0. The van der Waals surface area contributed by atoms with Gasteiger partial charge >= 0.3 is 0 Å². The standard InChI is InChI=1S/4C11H8N2O.3C11H8N2S/c1-7-11-8(2-5-13-7)9-6-12-4-3-10(9)14-11;1-7-10-8-4-2-3-5-9(8)14-11(10)13-6-12-7;1-7-6-12-11-10(13-7)8-4-2-3-5-9(8)14-11;1-7-6-12-10-8-4-2-3-5-9(8)14-11(10)13-7;1-7-11-8(2-5-13-7)9-6-12-4-3-10(9)14-11;1-7-6-12-11-10(13-7)8-4-2-3-5-9(8)14-11;1-7-6-12-10-8-4-2-3-5-9(8)14-11(10)13-7/h7*2-6H,1H3. The summed E-state index contributed by atoms with van der Waals surface area (Å²) >= 11 is 5.18. The molecule has 0 bridgehead atoms. The molecule has 21 aromatic rings. The van der Waals surface area contributed by atoms with Crippen LogP contribution < -0.4 is 0 Å². The Balaban J connectivity index is 0.0000000933. The molecule has 5 aromatic carbocycles. The van der Waals surface area contributed by atoms with Gasteiger partial charge in [-0.15, -0.1) is 34.0 Å². The smallest absolute Gasteiger partial charge is 0.246 e. The van der Waals surface area contributed by atoms with Gasteiger partial charge in [0, 0.05) is 118 Å². The van der Waals surface area contributed by atoms with E-state index in [1.807, 2.05) is 195 Å². The van der Waals surface area contributed by atoms with Crippen LogP contribution in [0.15, 0.2) is 232 Å². The minimum atomic E-state index is 0.608. The van der Waals surface area contributed by atoms with E-state index in [4.69, 9.17) is 17.7 Å². The van der Waals surface area contributed by atoms with E-state index in [9.17, 15) is 0 Å². The van der Waals surface area contributed by atoms with Crippen molar-refractivity contribution < 1.29 is 17.7 Å². The van der Waals surface area contributed by atoms with E-state index in [-0.39, 0.29) is 0 Å².